The van der Waals surface area contributed by atoms with Crippen molar-refractivity contribution in [2.45, 2.75) is 0 Å². The van der Waals surface area contributed by atoms with Crippen molar-refractivity contribution in [2.24, 2.45) is 0 Å². The van der Waals surface area contributed by atoms with E-state index in [0.717, 1.165) is 10.9 Å². The number of carbonyl (C=O) groups is 1. The Kier molecular flexibility index (Phi) is 4.95. The van der Waals surface area contributed by atoms with Crippen LogP contribution in [-0.2, 0) is 0 Å². The van der Waals surface area contributed by atoms with Gasteiger partial charge in [-0.05, 0) is 42.5 Å². The van der Waals surface area contributed by atoms with E-state index in [9.17, 15) is 4.79 Å². The Morgan fingerprint density at radius 2 is 2.08 bits per heavy atom. The number of methoxy groups -OCH3 is 1. The maximum absolute atomic E-state index is 12.5. The number of benzene rings is 2. The molecule has 3 rings (SSSR count). The molecular weight excluding hydrogens is 316 g/mol. The predicted octanol–water partition coefficient (Wildman–Crippen LogP) is 4.06. The number of hydrogen-bond acceptors (Lipinski definition) is 4. The number of aromatic nitrogens is 1. The number of amides is 1. The van der Waals surface area contributed by atoms with Crippen LogP contribution in [0.3, 0.4) is 0 Å². The molecule has 0 saturated carbocycles. The van der Waals surface area contributed by atoms with Crippen LogP contribution in [-0.4, -0.2) is 24.6 Å². The lowest BCUT2D eigenvalue weighted by Gasteiger charge is -2.11. The number of ether oxygens (including phenoxy) is 2. The molecule has 3 aromatic rings. The minimum Gasteiger partial charge on any atom is -0.493 e. The third-order valence-corrected chi connectivity index (χ3v) is 3.64. The maximum Gasteiger partial charge on any atom is 0.255 e. The van der Waals surface area contributed by atoms with Crippen molar-refractivity contribution in [1.29, 1.82) is 0 Å². The van der Waals surface area contributed by atoms with Crippen LogP contribution in [0.25, 0.3) is 10.9 Å². The molecule has 0 unspecified atom stereocenters. The summed E-state index contributed by atoms with van der Waals surface area (Å²) in [6.45, 7) is 3.98. The van der Waals surface area contributed by atoms with Crippen LogP contribution in [0.2, 0.25) is 0 Å². The number of hydrogen-bond donors (Lipinski definition) is 1. The number of rotatable bonds is 6. The summed E-state index contributed by atoms with van der Waals surface area (Å²) in [6.07, 6.45) is 3.39. The number of nitrogens with zero attached hydrogens (tertiary/aromatic N) is 1. The number of anilines is 1. The number of pyridine rings is 1. The Labute approximate surface area is 145 Å². The van der Waals surface area contributed by atoms with E-state index in [4.69, 9.17) is 9.47 Å². The van der Waals surface area contributed by atoms with Crippen LogP contribution in [0.15, 0.2) is 67.4 Å². The highest BCUT2D eigenvalue weighted by Crippen LogP contribution is 2.28. The Morgan fingerprint density at radius 3 is 2.88 bits per heavy atom. The van der Waals surface area contributed by atoms with Crippen LogP contribution in [0.4, 0.5) is 5.69 Å². The molecule has 0 spiro atoms. The standard InChI is InChI=1S/C20H18N2O3/c1-3-11-25-18-9-6-15(13-19(18)24-2)20(23)22-16-7-8-17-14(12-16)5-4-10-21-17/h3-10,12-13H,1,11H2,2H3,(H,22,23). The summed E-state index contributed by atoms with van der Waals surface area (Å²) in [5.41, 5.74) is 2.07. The molecule has 0 radical (unpaired) electrons. The van der Waals surface area contributed by atoms with Crippen LogP contribution < -0.4 is 14.8 Å². The fourth-order valence-corrected chi connectivity index (χ4v) is 2.43. The Bertz CT molecular complexity index is 922. The lowest BCUT2D eigenvalue weighted by Crippen LogP contribution is -2.12. The quantitative estimate of drug-likeness (QED) is 0.691. The molecule has 1 heterocycles. The van der Waals surface area contributed by atoms with Crippen molar-refractivity contribution in [1.82, 2.24) is 4.98 Å². The van der Waals surface area contributed by atoms with Gasteiger partial charge in [-0.3, -0.25) is 9.78 Å². The van der Waals surface area contributed by atoms with Gasteiger partial charge in [0.2, 0.25) is 0 Å². The van der Waals surface area contributed by atoms with Crippen molar-refractivity contribution >= 4 is 22.5 Å². The smallest absolute Gasteiger partial charge is 0.255 e. The van der Waals surface area contributed by atoms with E-state index in [1.165, 1.54) is 7.11 Å². The average molecular weight is 334 g/mol. The summed E-state index contributed by atoms with van der Waals surface area (Å²) in [4.78, 5) is 16.8. The molecule has 0 atom stereocenters. The van der Waals surface area contributed by atoms with Gasteiger partial charge in [-0.1, -0.05) is 18.7 Å². The third-order valence-electron chi connectivity index (χ3n) is 3.64. The summed E-state index contributed by atoms with van der Waals surface area (Å²) in [5, 5.41) is 3.85. The molecule has 0 saturated heterocycles. The van der Waals surface area contributed by atoms with Crippen molar-refractivity contribution in [3.8, 4) is 11.5 Å². The first-order valence-electron chi connectivity index (χ1n) is 7.79. The Balaban J connectivity index is 1.80. The van der Waals surface area contributed by atoms with E-state index in [2.05, 4.69) is 16.9 Å². The zero-order valence-corrected chi connectivity index (χ0v) is 13.9. The zero-order chi connectivity index (χ0) is 17.6. The molecule has 1 N–H and O–H groups in total. The molecule has 5 heteroatoms. The number of nitrogens with one attached hydrogen (secondary N) is 1. The van der Waals surface area contributed by atoms with Gasteiger partial charge in [0.05, 0.1) is 12.6 Å². The van der Waals surface area contributed by atoms with Crippen LogP contribution >= 0.6 is 0 Å². The minimum atomic E-state index is -0.225. The lowest BCUT2D eigenvalue weighted by molar-refractivity contribution is 0.102. The SMILES string of the molecule is C=CCOc1ccc(C(=O)Nc2ccc3ncccc3c2)cc1OC. The second-order valence-corrected chi connectivity index (χ2v) is 5.33. The largest absolute Gasteiger partial charge is 0.493 e. The van der Waals surface area contributed by atoms with E-state index >= 15 is 0 Å². The molecule has 0 fully saturated rings. The first kappa shape index (κ1) is 16.5. The van der Waals surface area contributed by atoms with Gasteiger partial charge in [0, 0.05) is 22.8 Å². The molecular formula is C20H18N2O3. The number of fused-ring (bicyclic) bond motifs is 1. The topological polar surface area (TPSA) is 60.5 Å². The fraction of sp³-hybridized carbons (Fsp3) is 0.100. The summed E-state index contributed by atoms with van der Waals surface area (Å²) in [5.74, 6) is 0.838. The monoisotopic (exact) mass is 334 g/mol. The first-order chi connectivity index (χ1) is 12.2. The highest BCUT2D eigenvalue weighted by Gasteiger charge is 2.11. The molecule has 0 aliphatic carbocycles. The molecule has 25 heavy (non-hydrogen) atoms. The fourth-order valence-electron chi connectivity index (χ4n) is 2.43. The molecule has 1 aromatic heterocycles. The van der Waals surface area contributed by atoms with Gasteiger partial charge in [0.25, 0.3) is 5.91 Å². The minimum absolute atomic E-state index is 0.225. The molecule has 0 aliphatic heterocycles. The van der Waals surface area contributed by atoms with Crippen LogP contribution in [0, 0.1) is 0 Å². The number of carbonyl (C=O) groups excluding carboxylic acids is 1. The van der Waals surface area contributed by atoms with Gasteiger partial charge < -0.3 is 14.8 Å². The van der Waals surface area contributed by atoms with Gasteiger partial charge >= 0.3 is 0 Å². The maximum atomic E-state index is 12.5. The van der Waals surface area contributed by atoms with Gasteiger partial charge in [-0.2, -0.15) is 0 Å². The van der Waals surface area contributed by atoms with E-state index in [0.29, 0.717) is 29.4 Å². The normalized spacial score (nSPS) is 10.3. The van der Waals surface area contributed by atoms with E-state index in [1.54, 1.807) is 30.5 Å². The van der Waals surface area contributed by atoms with E-state index < -0.39 is 0 Å². The molecule has 1 amide bonds. The highest BCUT2D eigenvalue weighted by atomic mass is 16.5. The molecule has 0 bridgehead atoms. The van der Waals surface area contributed by atoms with Gasteiger partial charge in [0.1, 0.15) is 6.61 Å². The van der Waals surface area contributed by atoms with Crippen LogP contribution in [0.1, 0.15) is 10.4 Å². The van der Waals surface area contributed by atoms with Crippen LogP contribution in [0.5, 0.6) is 11.5 Å². The predicted molar refractivity (Wildman–Crippen MR) is 98.4 cm³/mol. The van der Waals surface area contributed by atoms with Gasteiger partial charge in [0.15, 0.2) is 11.5 Å². The lowest BCUT2D eigenvalue weighted by atomic mass is 10.1. The summed E-state index contributed by atoms with van der Waals surface area (Å²) < 4.78 is 10.8. The molecule has 0 aliphatic rings. The summed E-state index contributed by atoms with van der Waals surface area (Å²) in [6, 6.07) is 14.5. The van der Waals surface area contributed by atoms with Crippen molar-refractivity contribution in [3.05, 3.63) is 72.9 Å². The molecule has 5 nitrogen and oxygen atoms in total. The summed E-state index contributed by atoms with van der Waals surface area (Å²) >= 11 is 0. The van der Waals surface area contributed by atoms with Crippen molar-refractivity contribution in [3.63, 3.8) is 0 Å². The molecule has 126 valence electrons. The van der Waals surface area contributed by atoms with Gasteiger partial charge in [-0.15, -0.1) is 0 Å². The molecule has 2 aromatic carbocycles. The van der Waals surface area contributed by atoms with Gasteiger partial charge in [-0.25, -0.2) is 0 Å². The van der Waals surface area contributed by atoms with E-state index in [-0.39, 0.29) is 5.91 Å². The van der Waals surface area contributed by atoms with Crippen molar-refractivity contribution < 1.29 is 14.3 Å². The second kappa shape index (κ2) is 7.49. The zero-order valence-electron chi connectivity index (χ0n) is 13.9. The average Bonchev–Trinajstić information content (AvgIpc) is 2.66. The first-order valence-corrected chi connectivity index (χ1v) is 7.79. The second-order valence-electron chi connectivity index (χ2n) is 5.33. The van der Waals surface area contributed by atoms with Crippen molar-refractivity contribution in [2.75, 3.05) is 19.0 Å². The van der Waals surface area contributed by atoms with E-state index in [1.807, 2.05) is 30.3 Å². The Morgan fingerprint density at radius 1 is 1.20 bits per heavy atom. The Hall–Kier alpha value is -3.34. The summed E-state index contributed by atoms with van der Waals surface area (Å²) in [7, 11) is 1.54. The third kappa shape index (κ3) is 3.77. The highest BCUT2D eigenvalue weighted by molar-refractivity contribution is 6.05.